The molecular weight excluding hydrogens is 965 g/mol. The van der Waals surface area contributed by atoms with Crippen LogP contribution in [-0.4, -0.2) is 170 Å². The van der Waals surface area contributed by atoms with E-state index in [-0.39, 0.29) is 38.2 Å². The molecule has 0 bridgehead atoms. The Bertz CT molecular complexity index is 2000. The molecule has 0 aromatic carbocycles. The molecule has 0 aliphatic heterocycles. The first kappa shape index (κ1) is 63.5. The lowest BCUT2D eigenvalue weighted by molar-refractivity contribution is -0.144. The molecule has 10 atom stereocenters. The van der Waals surface area contributed by atoms with Crippen LogP contribution in [0.3, 0.4) is 0 Å². The molecule has 1 aromatic rings. The van der Waals surface area contributed by atoms with Gasteiger partial charge in [0.1, 0.15) is 48.3 Å². The summed E-state index contributed by atoms with van der Waals surface area (Å²) in [5, 5.41) is 49.8. The average Bonchev–Trinajstić information content (AvgIpc) is 3.83. The van der Waals surface area contributed by atoms with Gasteiger partial charge in [-0.1, -0.05) is 48.0 Å². The second-order valence-electron chi connectivity index (χ2n) is 17.8. The molecule has 1 aromatic heterocycles. The highest BCUT2D eigenvalue weighted by atomic mass is 32.2. The van der Waals surface area contributed by atoms with Gasteiger partial charge in [-0.15, -0.1) is 0 Å². The molecule has 27 nitrogen and oxygen atoms in total. The van der Waals surface area contributed by atoms with Gasteiger partial charge in [0.2, 0.25) is 47.3 Å². The number of carboxylic acids is 2. The number of amides is 8. The molecule has 1 heterocycles. The van der Waals surface area contributed by atoms with Crippen LogP contribution in [0.2, 0.25) is 0 Å². The van der Waals surface area contributed by atoms with Crippen LogP contribution < -0.4 is 59.7 Å². The van der Waals surface area contributed by atoms with E-state index < -0.39 is 151 Å². The number of rotatable bonds is 34. The maximum absolute atomic E-state index is 14.3. The Kier molecular flexibility index (Phi) is 28.6. The van der Waals surface area contributed by atoms with Gasteiger partial charge in [0, 0.05) is 31.3 Å². The van der Waals surface area contributed by atoms with Gasteiger partial charge in [-0.3, -0.25) is 48.1 Å². The molecule has 8 amide bonds. The van der Waals surface area contributed by atoms with Crippen molar-refractivity contribution in [3.63, 3.8) is 0 Å². The minimum atomic E-state index is -1.63. The molecule has 0 fully saturated rings. The van der Waals surface area contributed by atoms with Crippen LogP contribution in [-0.2, 0) is 54.4 Å². The second kappa shape index (κ2) is 32.4. The standard InChI is InChI=1S/C44H76N14O13S/c1-9-23(6)34(57-39(66)29(17-25-19-48-20-50-25)54-42(69)35(24(7)59)58-38(65)28(14-16-72-8)51-30(60)18-45)41(68)55-32(21(2)3)40(67)53-26(11-10-15-49-44(46)47)36(63)52-27(12-13-31(61)62)37(64)56-33(22(4)5)43(70)71/h19-24,26-29,32-35,59H,9-18,45H2,1-8H3,(H,48,50)(H,51,60)(H,52,63)(H,53,67)(H,54,69)(H,55,68)(H,56,64)(H,57,66)(H,58,65)(H,61,62)(H,70,71)(H4,46,47,49)/t23-,24+,26-,27-,28-,29-,32-,33-,34-,35-/m0/s1. The van der Waals surface area contributed by atoms with Crippen molar-refractivity contribution >= 4 is 76.9 Å². The SMILES string of the molecule is CC[C@H](C)[C@H](NC(=O)[C@H](Cc1cnc[nH]1)NC(=O)[C@@H](NC(=O)[C@H](CCSC)NC(=O)CN)[C@@H](C)O)C(=O)N[C@H](C(=O)N[C@@H](CCCN=C(N)N)C(=O)N[C@@H](CCC(=O)O)C(=O)N[C@H](C(=O)O)C(C)C)C(C)C. The molecular formula is C44H76N14O13S. The summed E-state index contributed by atoms with van der Waals surface area (Å²) in [7, 11) is 0. The number of guanidine groups is 1. The molecule has 28 heteroatoms. The Hall–Kier alpha value is -6.55. The maximum Gasteiger partial charge on any atom is 0.326 e. The molecule has 0 unspecified atom stereocenters. The monoisotopic (exact) mass is 1040 g/mol. The quantitative estimate of drug-likeness (QED) is 0.0179. The van der Waals surface area contributed by atoms with Gasteiger partial charge in [-0.05, 0) is 62.4 Å². The van der Waals surface area contributed by atoms with Gasteiger partial charge in [0.05, 0.1) is 19.0 Å². The van der Waals surface area contributed by atoms with E-state index in [1.807, 2.05) is 0 Å². The first-order chi connectivity index (χ1) is 33.8. The van der Waals surface area contributed by atoms with Crippen molar-refractivity contribution < 1.29 is 63.3 Å². The number of aromatic nitrogens is 2. The van der Waals surface area contributed by atoms with Crippen LogP contribution >= 0.6 is 11.8 Å². The fraction of sp³-hybridized carbons (Fsp3) is 0.682. The largest absolute Gasteiger partial charge is 0.481 e. The van der Waals surface area contributed by atoms with Gasteiger partial charge >= 0.3 is 11.9 Å². The fourth-order valence-corrected chi connectivity index (χ4v) is 7.32. The van der Waals surface area contributed by atoms with E-state index in [9.17, 15) is 63.3 Å². The number of hydrogen-bond acceptors (Lipinski definition) is 15. The van der Waals surface area contributed by atoms with E-state index in [1.165, 1.54) is 45.1 Å². The molecule has 0 saturated carbocycles. The number of nitrogens with one attached hydrogen (secondary N) is 9. The van der Waals surface area contributed by atoms with Gasteiger partial charge in [0.15, 0.2) is 5.96 Å². The van der Waals surface area contributed by atoms with Crippen molar-refractivity contribution in [3.05, 3.63) is 18.2 Å². The number of aromatic amines is 1. The Balaban J connectivity index is 3.53. The van der Waals surface area contributed by atoms with Gasteiger partial charge < -0.3 is 80.0 Å². The van der Waals surface area contributed by atoms with Crippen LogP contribution in [0, 0.1) is 17.8 Å². The predicted molar refractivity (Wildman–Crippen MR) is 265 cm³/mol. The zero-order valence-electron chi connectivity index (χ0n) is 42.1. The summed E-state index contributed by atoms with van der Waals surface area (Å²) < 4.78 is 0. The van der Waals surface area contributed by atoms with E-state index >= 15 is 0 Å². The van der Waals surface area contributed by atoms with Crippen molar-refractivity contribution in [1.82, 2.24) is 52.5 Å². The number of aliphatic hydroxyl groups is 1. The highest BCUT2D eigenvalue weighted by Gasteiger charge is 2.38. The third-order valence-electron chi connectivity index (χ3n) is 11.3. The van der Waals surface area contributed by atoms with E-state index in [0.29, 0.717) is 17.9 Å². The summed E-state index contributed by atoms with van der Waals surface area (Å²) in [4.78, 5) is 143. The second-order valence-corrected chi connectivity index (χ2v) is 18.8. The Morgan fingerprint density at radius 3 is 1.65 bits per heavy atom. The van der Waals surface area contributed by atoms with Crippen LogP contribution in [0.4, 0.5) is 0 Å². The summed E-state index contributed by atoms with van der Waals surface area (Å²) in [5.74, 6) is -11.3. The normalized spacial score (nSPS) is 15.3. The number of carboxylic acid groups (broad SMARTS) is 2. The number of thioether (sulfide) groups is 1. The first-order valence-corrected chi connectivity index (χ1v) is 24.9. The topological polar surface area (TPSA) is 447 Å². The van der Waals surface area contributed by atoms with Crippen molar-refractivity contribution in [2.45, 2.75) is 148 Å². The number of imidazole rings is 1. The van der Waals surface area contributed by atoms with Crippen LogP contribution in [0.5, 0.6) is 0 Å². The molecule has 72 heavy (non-hydrogen) atoms. The molecule has 0 spiro atoms. The summed E-state index contributed by atoms with van der Waals surface area (Å²) in [5.41, 5.74) is 16.7. The van der Waals surface area contributed by atoms with E-state index in [0.717, 1.165) is 0 Å². The molecule has 0 saturated heterocycles. The van der Waals surface area contributed by atoms with Crippen molar-refractivity contribution in [2.75, 3.05) is 25.1 Å². The number of aliphatic imine (C=N–C) groups is 1. The maximum atomic E-state index is 14.3. The van der Waals surface area contributed by atoms with Gasteiger partial charge in [0.25, 0.3) is 0 Å². The van der Waals surface area contributed by atoms with E-state index in [1.54, 1.807) is 34.0 Å². The van der Waals surface area contributed by atoms with Crippen molar-refractivity contribution in [2.24, 2.45) is 39.9 Å². The third-order valence-corrected chi connectivity index (χ3v) is 11.9. The average molecular weight is 1040 g/mol. The molecule has 406 valence electrons. The minimum Gasteiger partial charge on any atom is -0.481 e. The predicted octanol–water partition coefficient (Wildman–Crippen LogP) is -3.72. The summed E-state index contributed by atoms with van der Waals surface area (Å²) in [6.07, 6.45) is 2.21. The Labute approximate surface area is 422 Å². The molecule has 18 N–H and O–H groups in total. The fourth-order valence-electron chi connectivity index (χ4n) is 6.85. The highest BCUT2D eigenvalue weighted by molar-refractivity contribution is 7.98. The molecule has 0 aliphatic carbocycles. The van der Waals surface area contributed by atoms with Crippen molar-refractivity contribution in [1.29, 1.82) is 0 Å². The number of aliphatic carboxylic acids is 2. The molecule has 1 rings (SSSR count). The number of aliphatic hydroxyl groups excluding tert-OH is 1. The number of carbonyl (C=O) groups excluding carboxylic acids is 8. The van der Waals surface area contributed by atoms with E-state index in [2.05, 4.69) is 57.5 Å². The van der Waals surface area contributed by atoms with Crippen LogP contribution in [0.1, 0.15) is 92.7 Å². The van der Waals surface area contributed by atoms with Gasteiger partial charge in [-0.2, -0.15) is 11.8 Å². The lowest BCUT2D eigenvalue weighted by Crippen LogP contribution is -2.63. The lowest BCUT2D eigenvalue weighted by Gasteiger charge is -2.31. The highest BCUT2D eigenvalue weighted by Crippen LogP contribution is 2.14. The molecule has 0 radical (unpaired) electrons. The Morgan fingerprint density at radius 1 is 0.667 bits per heavy atom. The summed E-state index contributed by atoms with van der Waals surface area (Å²) >= 11 is 1.40. The number of nitrogens with zero attached hydrogens (tertiary/aromatic N) is 2. The molecule has 0 aliphatic rings. The summed E-state index contributed by atoms with van der Waals surface area (Å²) in [6, 6.07) is -11.3. The first-order valence-electron chi connectivity index (χ1n) is 23.5. The summed E-state index contributed by atoms with van der Waals surface area (Å²) in [6.45, 7) is 10.5. The van der Waals surface area contributed by atoms with Crippen LogP contribution in [0.25, 0.3) is 0 Å². The van der Waals surface area contributed by atoms with E-state index in [4.69, 9.17) is 17.2 Å². The third kappa shape index (κ3) is 22.7. The van der Waals surface area contributed by atoms with Crippen molar-refractivity contribution in [3.8, 4) is 0 Å². The minimum absolute atomic E-state index is 0.00403. The number of H-pyrrole nitrogens is 1. The zero-order valence-corrected chi connectivity index (χ0v) is 42.9. The Morgan fingerprint density at radius 2 is 1.15 bits per heavy atom. The zero-order chi connectivity index (χ0) is 54.8. The van der Waals surface area contributed by atoms with Crippen LogP contribution in [0.15, 0.2) is 17.5 Å². The lowest BCUT2D eigenvalue weighted by atomic mass is 9.95. The number of hydrogen-bond donors (Lipinski definition) is 15. The number of nitrogens with two attached hydrogens (primary N) is 3. The number of carbonyl (C=O) groups is 10. The smallest absolute Gasteiger partial charge is 0.326 e. The van der Waals surface area contributed by atoms with Gasteiger partial charge in [-0.25, -0.2) is 9.78 Å².